The first-order valence-electron chi connectivity index (χ1n) is 9.06. The minimum atomic E-state index is -0.483. The molecule has 1 aliphatic rings. The standard InChI is InChI=1S/C20H32N2O3/c1-14-9-15(2)11-17(10-14)21-16(3)12-18-13-24-8-7-22(18)19(23)25-20(4,5)6/h9-11,16,18,21H,7-8,12-13H2,1-6H3. The second-order valence-electron chi connectivity index (χ2n) is 8.06. The lowest BCUT2D eigenvalue weighted by Gasteiger charge is -2.37. The van der Waals surface area contributed by atoms with Gasteiger partial charge in [0.2, 0.25) is 0 Å². The molecule has 2 unspecified atom stereocenters. The quantitative estimate of drug-likeness (QED) is 0.889. The molecule has 0 saturated carbocycles. The van der Waals surface area contributed by atoms with E-state index >= 15 is 0 Å². The summed E-state index contributed by atoms with van der Waals surface area (Å²) in [5, 5.41) is 3.54. The predicted octanol–water partition coefficient (Wildman–Crippen LogP) is 4.13. The molecule has 0 spiro atoms. The number of aryl methyl sites for hydroxylation is 2. The number of rotatable bonds is 4. The zero-order chi connectivity index (χ0) is 18.6. The molecule has 0 aromatic heterocycles. The van der Waals surface area contributed by atoms with Crippen LogP contribution in [-0.2, 0) is 9.47 Å². The Balaban J connectivity index is 1.99. The SMILES string of the molecule is Cc1cc(C)cc(NC(C)CC2COCCN2C(=O)OC(C)(C)C)c1. The van der Waals surface area contributed by atoms with Crippen LogP contribution >= 0.6 is 0 Å². The second kappa shape index (κ2) is 8.09. The third kappa shape index (κ3) is 6.24. The van der Waals surface area contributed by atoms with Gasteiger partial charge >= 0.3 is 6.09 Å². The van der Waals surface area contributed by atoms with Gasteiger partial charge in [0.25, 0.3) is 0 Å². The normalized spacial score (nSPS) is 19.4. The molecule has 5 nitrogen and oxygen atoms in total. The van der Waals surface area contributed by atoms with E-state index in [0.29, 0.717) is 19.8 Å². The van der Waals surface area contributed by atoms with Crippen molar-refractivity contribution in [1.82, 2.24) is 4.90 Å². The number of nitrogens with one attached hydrogen (secondary N) is 1. The van der Waals surface area contributed by atoms with Crippen LogP contribution in [0, 0.1) is 13.8 Å². The minimum absolute atomic E-state index is 0.0250. The Labute approximate surface area is 151 Å². The Bertz CT molecular complexity index is 575. The summed E-state index contributed by atoms with van der Waals surface area (Å²) in [6, 6.07) is 6.70. The Hall–Kier alpha value is -1.75. The molecule has 1 saturated heterocycles. The number of carbonyl (C=O) groups excluding carboxylic acids is 1. The number of hydrogen-bond acceptors (Lipinski definition) is 4. The van der Waals surface area contributed by atoms with Crippen molar-refractivity contribution >= 4 is 11.8 Å². The van der Waals surface area contributed by atoms with Crippen molar-refractivity contribution in [1.29, 1.82) is 0 Å². The summed E-state index contributed by atoms with van der Waals surface area (Å²) in [6.45, 7) is 13.7. The van der Waals surface area contributed by atoms with Crippen LogP contribution in [0.5, 0.6) is 0 Å². The van der Waals surface area contributed by atoms with Crippen molar-refractivity contribution in [2.24, 2.45) is 0 Å². The third-order valence-electron chi connectivity index (χ3n) is 4.12. The molecular formula is C20H32N2O3. The van der Waals surface area contributed by atoms with Gasteiger partial charge in [-0.1, -0.05) is 6.07 Å². The lowest BCUT2D eigenvalue weighted by atomic mass is 10.1. The van der Waals surface area contributed by atoms with Gasteiger partial charge in [-0.05, 0) is 71.2 Å². The molecule has 1 N–H and O–H groups in total. The number of hydrogen-bond donors (Lipinski definition) is 1. The molecule has 0 bridgehead atoms. The Morgan fingerprint density at radius 1 is 1.32 bits per heavy atom. The number of benzene rings is 1. The van der Waals surface area contributed by atoms with Gasteiger partial charge in [-0.2, -0.15) is 0 Å². The summed E-state index contributed by atoms with van der Waals surface area (Å²) in [5.41, 5.74) is 3.12. The first kappa shape index (κ1) is 19.6. The maximum absolute atomic E-state index is 12.5. The fraction of sp³-hybridized carbons (Fsp3) is 0.650. The number of nitrogens with zero attached hydrogens (tertiary/aromatic N) is 1. The number of anilines is 1. The monoisotopic (exact) mass is 348 g/mol. The van der Waals surface area contributed by atoms with E-state index in [1.807, 2.05) is 25.7 Å². The average Bonchev–Trinajstić information content (AvgIpc) is 2.44. The number of amides is 1. The van der Waals surface area contributed by atoms with E-state index in [1.54, 1.807) is 0 Å². The molecule has 140 valence electrons. The van der Waals surface area contributed by atoms with Gasteiger partial charge in [-0.3, -0.25) is 0 Å². The zero-order valence-electron chi connectivity index (χ0n) is 16.4. The van der Waals surface area contributed by atoms with E-state index in [2.05, 4.69) is 44.3 Å². The van der Waals surface area contributed by atoms with Crippen molar-refractivity contribution in [3.63, 3.8) is 0 Å². The second-order valence-corrected chi connectivity index (χ2v) is 8.06. The smallest absolute Gasteiger partial charge is 0.410 e. The van der Waals surface area contributed by atoms with Crippen molar-refractivity contribution in [3.8, 4) is 0 Å². The van der Waals surface area contributed by atoms with Gasteiger partial charge in [0.15, 0.2) is 0 Å². The number of ether oxygens (including phenoxy) is 2. The van der Waals surface area contributed by atoms with E-state index in [0.717, 1.165) is 12.1 Å². The number of carbonyl (C=O) groups is 1. The maximum atomic E-state index is 12.5. The lowest BCUT2D eigenvalue weighted by Crippen LogP contribution is -2.51. The van der Waals surface area contributed by atoms with Crippen LogP contribution in [0.15, 0.2) is 18.2 Å². The van der Waals surface area contributed by atoms with E-state index in [4.69, 9.17) is 9.47 Å². The van der Waals surface area contributed by atoms with Gasteiger partial charge in [0.05, 0.1) is 19.3 Å². The van der Waals surface area contributed by atoms with Crippen molar-refractivity contribution in [3.05, 3.63) is 29.3 Å². The van der Waals surface area contributed by atoms with Gasteiger partial charge in [-0.15, -0.1) is 0 Å². The first-order valence-corrected chi connectivity index (χ1v) is 9.06. The van der Waals surface area contributed by atoms with Crippen molar-refractivity contribution < 1.29 is 14.3 Å². The first-order chi connectivity index (χ1) is 11.6. The fourth-order valence-corrected chi connectivity index (χ4v) is 3.22. The van der Waals surface area contributed by atoms with Gasteiger partial charge in [0.1, 0.15) is 5.60 Å². The van der Waals surface area contributed by atoms with E-state index in [1.165, 1.54) is 11.1 Å². The fourth-order valence-electron chi connectivity index (χ4n) is 3.22. The van der Waals surface area contributed by atoms with Crippen LogP contribution in [0.25, 0.3) is 0 Å². The van der Waals surface area contributed by atoms with E-state index in [9.17, 15) is 4.79 Å². The largest absolute Gasteiger partial charge is 0.444 e. The highest BCUT2D eigenvalue weighted by molar-refractivity contribution is 5.68. The highest BCUT2D eigenvalue weighted by Crippen LogP contribution is 2.20. The summed E-state index contributed by atoms with van der Waals surface area (Å²) in [4.78, 5) is 14.3. The molecule has 1 amide bonds. The van der Waals surface area contributed by atoms with Crippen LogP contribution < -0.4 is 5.32 Å². The third-order valence-corrected chi connectivity index (χ3v) is 4.12. The highest BCUT2D eigenvalue weighted by Gasteiger charge is 2.31. The van der Waals surface area contributed by atoms with Crippen molar-refractivity contribution in [2.75, 3.05) is 25.1 Å². The Morgan fingerprint density at radius 2 is 1.96 bits per heavy atom. The number of morpholine rings is 1. The average molecular weight is 348 g/mol. The van der Waals surface area contributed by atoms with Crippen molar-refractivity contribution in [2.45, 2.75) is 65.6 Å². The van der Waals surface area contributed by atoms with Crippen LogP contribution in [0.1, 0.15) is 45.2 Å². The summed E-state index contributed by atoms with van der Waals surface area (Å²) in [5.74, 6) is 0. The molecule has 2 rings (SSSR count). The van der Waals surface area contributed by atoms with Gasteiger partial charge in [0, 0.05) is 18.3 Å². The highest BCUT2D eigenvalue weighted by atomic mass is 16.6. The molecule has 0 radical (unpaired) electrons. The predicted molar refractivity (Wildman–Crippen MR) is 101 cm³/mol. The molecule has 5 heteroatoms. The van der Waals surface area contributed by atoms with E-state index < -0.39 is 5.60 Å². The Morgan fingerprint density at radius 3 is 2.56 bits per heavy atom. The summed E-state index contributed by atoms with van der Waals surface area (Å²) in [6.07, 6.45) is 0.561. The molecule has 1 fully saturated rings. The van der Waals surface area contributed by atoms with Crippen LogP contribution in [0.3, 0.4) is 0 Å². The maximum Gasteiger partial charge on any atom is 0.410 e. The molecule has 1 aromatic carbocycles. The molecule has 0 aliphatic carbocycles. The summed E-state index contributed by atoms with van der Waals surface area (Å²) in [7, 11) is 0. The molecule has 25 heavy (non-hydrogen) atoms. The molecule has 1 aliphatic heterocycles. The molecule has 2 atom stereocenters. The van der Waals surface area contributed by atoms with Crippen LogP contribution in [0.2, 0.25) is 0 Å². The molecular weight excluding hydrogens is 316 g/mol. The lowest BCUT2D eigenvalue weighted by molar-refractivity contribution is -0.0345. The molecule has 1 aromatic rings. The van der Waals surface area contributed by atoms with Crippen LogP contribution in [0.4, 0.5) is 10.5 Å². The summed E-state index contributed by atoms with van der Waals surface area (Å²) >= 11 is 0. The molecule has 1 heterocycles. The van der Waals surface area contributed by atoms with Gasteiger partial charge in [-0.25, -0.2) is 4.79 Å². The topological polar surface area (TPSA) is 50.8 Å². The minimum Gasteiger partial charge on any atom is -0.444 e. The zero-order valence-corrected chi connectivity index (χ0v) is 16.4. The Kier molecular flexibility index (Phi) is 6.33. The van der Waals surface area contributed by atoms with Crippen LogP contribution in [-0.4, -0.2) is 48.4 Å². The van der Waals surface area contributed by atoms with Gasteiger partial charge < -0.3 is 19.7 Å². The van der Waals surface area contributed by atoms with E-state index in [-0.39, 0.29) is 18.2 Å². The summed E-state index contributed by atoms with van der Waals surface area (Å²) < 4.78 is 11.2.